The minimum Gasteiger partial charge on any atom is -0.497 e. The Morgan fingerprint density at radius 1 is 1.17 bits per heavy atom. The maximum absolute atomic E-state index is 5.29. The average molecular weight is 247 g/mol. The number of methoxy groups -OCH3 is 2. The Morgan fingerprint density at radius 3 is 2.22 bits per heavy atom. The van der Waals surface area contributed by atoms with Gasteiger partial charge in [0.05, 0.1) is 14.2 Å². The molecule has 3 heteroatoms. The minimum atomic E-state index is 0.200. The van der Waals surface area contributed by atoms with Crippen LogP contribution in [0.15, 0.2) is 18.2 Å². The third kappa shape index (κ3) is 3.97. The fraction of sp³-hybridized carbons (Fsp3) is 0.467. The summed E-state index contributed by atoms with van der Waals surface area (Å²) in [6.45, 7) is 4.84. The molecule has 0 heterocycles. The van der Waals surface area contributed by atoms with Crippen molar-refractivity contribution in [3.8, 4) is 23.3 Å². The first-order chi connectivity index (χ1) is 8.74. The van der Waals surface area contributed by atoms with Gasteiger partial charge in [0.2, 0.25) is 0 Å². The predicted octanol–water partition coefficient (Wildman–Crippen LogP) is 2.77. The summed E-state index contributed by atoms with van der Waals surface area (Å²) in [5, 5.41) is 3.42. The van der Waals surface area contributed by atoms with Crippen LogP contribution < -0.4 is 14.8 Å². The molecule has 0 aromatic heterocycles. The maximum Gasteiger partial charge on any atom is 0.122 e. The van der Waals surface area contributed by atoms with Gasteiger partial charge >= 0.3 is 0 Å². The minimum absolute atomic E-state index is 0.200. The van der Waals surface area contributed by atoms with E-state index in [-0.39, 0.29) is 6.04 Å². The van der Waals surface area contributed by atoms with Crippen LogP contribution in [0.3, 0.4) is 0 Å². The molecule has 98 valence electrons. The van der Waals surface area contributed by atoms with Gasteiger partial charge in [-0.25, -0.2) is 0 Å². The standard InChI is InChI=1S/C15H21NO2/c1-5-7-8-15(16-6-2)12-9-13(17-3)11-14(10-12)18-4/h9-11,15-16H,6,8H2,1-4H3. The van der Waals surface area contributed by atoms with Gasteiger partial charge in [-0.1, -0.05) is 6.92 Å². The summed E-state index contributed by atoms with van der Waals surface area (Å²) < 4.78 is 10.6. The lowest BCUT2D eigenvalue weighted by molar-refractivity contribution is 0.391. The van der Waals surface area contributed by atoms with E-state index < -0.39 is 0 Å². The molecule has 1 unspecified atom stereocenters. The highest BCUT2D eigenvalue weighted by Gasteiger charge is 2.11. The van der Waals surface area contributed by atoms with Crippen LogP contribution in [0, 0.1) is 11.8 Å². The van der Waals surface area contributed by atoms with Crippen molar-refractivity contribution in [2.24, 2.45) is 0 Å². The molecule has 18 heavy (non-hydrogen) atoms. The molecule has 0 aliphatic carbocycles. The van der Waals surface area contributed by atoms with Crippen molar-refractivity contribution in [2.75, 3.05) is 20.8 Å². The second kappa shape index (κ2) is 7.62. The summed E-state index contributed by atoms with van der Waals surface area (Å²) in [5.74, 6) is 7.65. The lowest BCUT2D eigenvalue weighted by atomic mass is 10.0. The Kier molecular flexibility index (Phi) is 6.10. The number of hydrogen-bond donors (Lipinski definition) is 1. The van der Waals surface area contributed by atoms with E-state index in [1.807, 2.05) is 25.1 Å². The molecule has 3 nitrogen and oxygen atoms in total. The molecular formula is C15H21NO2. The van der Waals surface area contributed by atoms with E-state index in [1.165, 1.54) is 0 Å². The van der Waals surface area contributed by atoms with Crippen LogP contribution in [0.1, 0.15) is 31.9 Å². The Balaban J connectivity index is 3.03. The van der Waals surface area contributed by atoms with Crippen molar-refractivity contribution < 1.29 is 9.47 Å². The highest BCUT2D eigenvalue weighted by molar-refractivity contribution is 5.40. The third-order valence-corrected chi connectivity index (χ3v) is 2.71. The first-order valence-corrected chi connectivity index (χ1v) is 6.11. The number of ether oxygens (including phenoxy) is 2. The van der Waals surface area contributed by atoms with Crippen molar-refractivity contribution in [2.45, 2.75) is 26.3 Å². The van der Waals surface area contributed by atoms with E-state index >= 15 is 0 Å². The predicted molar refractivity (Wildman–Crippen MR) is 74.0 cm³/mol. The summed E-state index contributed by atoms with van der Waals surface area (Å²) in [6.07, 6.45) is 0.778. The molecule has 0 aliphatic rings. The molecular weight excluding hydrogens is 226 g/mol. The lowest BCUT2D eigenvalue weighted by Crippen LogP contribution is -2.20. The van der Waals surface area contributed by atoms with E-state index in [9.17, 15) is 0 Å². The summed E-state index contributed by atoms with van der Waals surface area (Å²) >= 11 is 0. The molecule has 1 aromatic rings. The van der Waals surface area contributed by atoms with Crippen LogP contribution in [0.4, 0.5) is 0 Å². The van der Waals surface area contributed by atoms with Gasteiger partial charge in [0.15, 0.2) is 0 Å². The Labute approximate surface area is 109 Å². The SMILES string of the molecule is CC#CCC(NCC)c1cc(OC)cc(OC)c1. The fourth-order valence-corrected chi connectivity index (χ4v) is 1.79. The molecule has 0 fully saturated rings. The van der Waals surface area contributed by atoms with Crippen molar-refractivity contribution in [3.05, 3.63) is 23.8 Å². The molecule has 0 saturated heterocycles. The van der Waals surface area contributed by atoms with E-state index in [1.54, 1.807) is 14.2 Å². The van der Waals surface area contributed by atoms with Gasteiger partial charge < -0.3 is 14.8 Å². The van der Waals surface area contributed by atoms with E-state index in [0.29, 0.717) is 0 Å². The fourth-order valence-electron chi connectivity index (χ4n) is 1.79. The van der Waals surface area contributed by atoms with Crippen molar-refractivity contribution in [3.63, 3.8) is 0 Å². The molecule has 0 spiro atoms. The molecule has 0 amide bonds. The normalized spacial score (nSPS) is 11.3. The molecule has 0 saturated carbocycles. The highest BCUT2D eigenvalue weighted by atomic mass is 16.5. The van der Waals surface area contributed by atoms with E-state index in [4.69, 9.17) is 9.47 Å². The van der Waals surface area contributed by atoms with Crippen LogP contribution >= 0.6 is 0 Å². The van der Waals surface area contributed by atoms with Crippen molar-refractivity contribution >= 4 is 0 Å². The van der Waals surface area contributed by atoms with Crippen LogP contribution in [0.5, 0.6) is 11.5 Å². The summed E-state index contributed by atoms with van der Waals surface area (Å²) in [5.41, 5.74) is 1.14. The zero-order valence-corrected chi connectivity index (χ0v) is 11.5. The van der Waals surface area contributed by atoms with Gasteiger partial charge in [-0.05, 0) is 31.2 Å². The van der Waals surface area contributed by atoms with Gasteiger partial charge in [-0.2, -0.15) is 0 Å². The number of benzene rings is 1. The Hall–Kier alpha value is -1.66. The summed E-state index contributed by atoms with van der Waals surface area (Å²) in [6, 6.07) is 6.12. The van der Waals surface area contributed by atoms with E-state index in [2.05, 4.69) is 24.1 Å². The second-order valence-corrected chi connectivity index (χ2v) is 3.89. The number of nitrogens with one attached hydrogen (secondary N) is 1. The molecule has 1 rings (SSSR count). The van der Waals surface area contributed by atoms with Crippen molar-refractivity contribution in [1.82, 2.24) is 5.32 Å². The quantitative estimate of drug-likeness (QED) is 0.784. The van der Waals surface area contributed by atoms with Crippen LogP contribution in [-0.2, 0) is 0 Å². The first-order valence-electron chi connectivity index (χ1n) is 6.11. The van der Waals surface area contributed by atoms with Crippen molar-refractivity contribution in [1.29, 1.82) is 0 Å². The maximum atomic E-state index is 5.29. The summed E-state index contributed by atoms with van der Waals surface area (Å²) in [7, 11) is 3.32. The Bertz CT molecular complexity index is 410. The number of rotatable bonds is 6. The topological polar surface area (TPSA) is 30.5 Å². The highest BCUT2D eigenvalue weighted by Crippen LogP contribution is 2.27. The summed E-state index contributed by atoms with van der Waals surface area (Å²) in [4.78, 5) is 0. The molecule has 1 atom stereocenters. The van der Waals surface area contributed by atoms with E-state index in [0.717, 1.165) is 30.0 Å². The zero-order valence-electron chi connectivity index (χ0n) is 11.5. The van der Waals surface area contributed by atoms with Crippen LogP contribution in [-0.4, -0.2) is 20.8 Å². The largest absolute Gasteiger partial charge is 0.497 e. The first kappa shape index (κ1) is 14.4. The van der Waals surface area contributed by atoms with Crippen LogP contribution in [0.2, 0.25) is 0 Å². The van der Waals surface area contributed by atoms with Gasteiger partial charge in [0.1, 0.15) is 11.5 Å². The molecule has 1 aromatic carbocycles. The molecule has 0 bridgehead atoms. The smallest absolute Gasteiger partial charge is 0.122 e. The second-order valence-electron chi connectivity index (χ2n) is 3.89. The van der Waals surface area contributed by atoms with Gasteiger partial charge in [0.25, 0.3) is 0 Å². The molecule has 0 aliphatic heterocycles. The molecule has 0 radical (unpaired) electrons. The average Bonchev–Trinajstić information content (AvgIpc) is 2.42. The monoisotopic (exact) mass is 247 g/mol. The Morgan fingerprint density at radius 2 is 1.78 bits per heavy atom. The van der Waals surface area contributed by atoms with Gasteiger partial charge in [-0.3, -0.25) is 0 Å². The number of hydrogen-bond acceptors (Lipinski definition) is 3. The third-order valence-electron chi connectivity index (χ3n) is 2.71. The van der Waals surface area contributed by atoms with Gasteiger partial charge in [-0.15, -0.1) is 11.8 Å². The molecule has 1 N–H and O–H groups in total. The zero-order chi connectivity index (χ0) is 13.4. The van der Waals surface area contributed by atoms with Gasteiger partial charge in [0, 0.05) is 18.5 Å². The van der Waals surface area contributed by atoms with Crippen LogP contribution in [0.25, 0.3) is 0 Å². The lowest BCUT2D eigenvalue weighted by Gasteiger charge is -2.17.